The molecule has 4 aromatic rings. The number of fused-ring (bicyclic) bond motifs is 2. The van der Waals surface area contributed by atoms with Gasteiger partial charge in [-0.2, -0.15) is 13.2 Å². The van der Waals surface area contributed by atoms with Gasteiger partial charge in [0, 0.05) is 42.7 Å². The molecule has 271 valence electrons. The fraction of sp³-hybridized carbons (Fsp3) is 0.488. The van der Waals surface area contributed by atoms with Crippen molar-refractivity contribution in [2.45, 2.75) is 124 Å². The van der Waals surface area contributed by atoms with E-state index in [-0.39, 0.29) is 31.6 Å². The fourth-order valence-electron chi connectivity index (χ4n) is 7.83. The Hall–Kier alpha value is -3.02. The number of hydrogen-bond donors (Lipinski definition) is 1. The maximum Gasteiger partial charge on any atom is 0.448 e. The van der Waals surface area contributed by atoms with Crippen LogP contribution in [0.25, 0.3) is 32.9 Å². The molecule has 2 fully saturated rings. The van der Waals surface area contributed by atoms with E-state index in [1.54, 1.807) is 0 Å². The minimum absolute atomic E-state index is 0. The zero-order valence-corrected chi connectivity index (χ0v) is 33.1. The van der Waals surface area contributed by atoms with Gasteiger partial charge in [0.25, 0.3) is 0 Å². The molecule has 0 unspecified atom stereocenters. The van der Waals surface area contributed by atoms with Crippen LogP contribution in [0.15, 0.2) is 60.4 Å². The van der Waals surface area contributed by atoms with E-state index < -0.39 is 23.1 Å². The molecule has 2 aliphatic carbocycles. The number of rotatable bonds is 3. The van der Waals surface area contributed by atoms with Crippen molar-refractivity contribution in [2.75, 3.05) is 0 Å². The summed E-state index contributed by atoms with van der Waals surface area (Å²) in [6.07, 6.45) is 6.61. The van der Waals surface area contributed by atoms with Crippen LogP contribution in [0.2, 0.25) is 0 Å². The number of alkyl halides is 3. The Bertz CT molecular complexity index is 1880. The monoisotopic (exact) mass is 863 g/mol. The van der Waals surface area contributed by atoms with Gasteiger partial charge in [-0.25, -0.2) is 0 Å². The Morgan fingerprint density at radius 1 is 0.920 bits per heavy atom. The number of aliphatic hydroxyl groups is 1. The molecular formula is C43H51F3IrNO2-. The minimum Gasteiger partial charge on any atom is -0.504 e. The van der Waals surface area contributed by atoms with Crippen molar-refractivity contribution in [1.82, 2.24) is 4.98 Å². The first-order valence-corrected chi connectivity index (χ1v) is 17.7. The van der Waals surface area contributed by atoms with E-state index in [1.165, 1.54) is 111 Å². The molecular weight excluding hydrogens is 812 g/mol. The number of benzene rings is 3. The first kappa shape index (κ1) is 39.8. The molecule has 1 aromatic heterocycles. The van der Waals surface area contributed by atoms with Crippen LogP contribution in [-0.4, -0.2) is 22.1 Å². The zero-order chi connectivity index (χ0) is 35.9. The smallest absolute Gasteiger partial charge is 0.448 e. The summed E-state index contributed by atoms with van der Waals surface area (Å²) < 4.78 is 35.2. The third-order valence-electron chi connectivity index (χ3n) is 10.6. The van der Waals surface area contributed by atoms with Crippen LogP contribution in [-0.2, 0) is 30.3 Å². The van der Waals surface area contributed by atoms with Crippen LogP contribution in [0, 0.1) is 30.7 Å². The summed E-state index contributed by atoms with van der Waals surface area (Å²) in [7, 11) is 0. The largest absolute Gasteiger partial charge is 0.504 e. The van der Waals surface area contributed by atoms with Crippen LogP contribution < -0.4 is 0 Å². The number of halogens is 3. The summed E-state index contributed by atoms with van der Waals surface area (Å²) in [6.45, 7) is 15.8. The third-order valence-corrected chi connectivity index (χ3v) is 10.6. The molecule has 1 spiro atoms. The average Bonchev–Trinajstić information content (AvgIpc) is 3.46. The predicted octanol–water partition coefficient (Wildman–Crippen LogP) is 12.6. The summed E-state index contributed by atoms with van der Waals surface area (Å²) in [5, 5.41) is 12.3. The van der Waals surface area contributed by atoms with Crippen LogP contribution in [0.3, 0.4) is 0 Å². The SMILES string of the molecule is CC(C)(C)C(=O)/C=C(\O)C(F)(F)F.Cc1cc(C)c2c(C3CCC4(CCCC4)CC3)cc(-c3[c-]c4ccccc4c(C(C)(C)C)c3)nc2c1.[Ir]. The molecule has 0 amide bonds. The van der Waals surface area contributed by atoms with E-state index in [2.05, 4.69) is 89.2 Å². The van der Waals surface area contributed by atoms with Crippen molar-refractivity contribution in [3.8, 4) is 11.3 Å². The van der Waals surface area contributed by atoms with Gasteiger partial charge >= 0.3 is 6.18 Å². The molecule has 1 radical (unpaired) electrons. The van der Waals surface area contributed by atoms with E-state index in [4.69, 9.17) is 10.1 Å². The molecule has 3 nitrogen and oxygen atoms in total. The van der Waals surface area contributed by atoms with Crippen LogP contribution in [0.4, 0.5) is 13.2 Å². The van der Waals surface area contributed by atoms with E-state index in [0.29, 0.717) is 11.3 Å². The van der Waals surface area contributed by atoms with Gasteiger partial charge in [-0.05, 0) is 91.9 Å². The molecule has 1 heterocycles. The van der Waals surface area contributed by atoms with Crippen molar-refractivity contribution < 1.29 is 43.2 Å². The van der Waals surface area contributed by atoms with Crippen LogP contribution in [0.5, 0.6) is 0 Å². The minimum atomic E-state index is -4.85. The number of aliphatic hydroxyl groups excluding tert-OH is 1. The number of carbonyl (C=O) groups excluding carboxylic acids is 1. The number of pyridine rings is 1. The topological polar surface area (TPSA) is 50.2 Å². The van der Waals surface area contributed by atoms with E-state index in [9.17, 15) is 18.0 Å². The first-order valence-electron chi connectivity index (χ1n) is 17.7. The Balaban J connectivity index is 0.000000345. The maximum atomic E-state index is 11.7. The number of aryl methyl sites for hydroxylation is 2. The number of aromatic nitrogens is 1. The van der Waals surface area contributed by atoms with Gasteiger partial charge in [-0.3, -0.25) is 9.78 Å². The zero-order valence-electron chi connectivity index (χ0n) is 30.7. The van der Waals surface area contributed by atoms with Gasteiger partial charge in [0.2, 0.25) is 5.76 Å². The van der Waals surface area contributed by atoms with E-state index in [0.717, 1.165) is 16.8 Å². The summed E-state index contributed by atoms with van der Waals surface area (Å²) in [4.78, 5) is 16.3. The summed E-state index contributed by atoms with van der Waals surface area (Å²) >= 11 is 0. The van der Waals surface area contributed by atoms with E-state index >= 15 is 0 Å². The number of nitrogens with zero attached hydrogens (tertiary/aromatic N) is 1. The van der Waals surface area contributed by atoms with Gasteiger partial charge in [-0.1, -0.05) is 95.7 Å². The van der Waals surface area contributed by atoms with Crippen LogP contribution >= 0.6 is 0 Å². The van der Waals surface area contributed by atoms with Crippen molar-refractivity contribution in [3.05, 3.63) is 88.7 Å². The normalized spacial score (nSPS) is 17.1. The number of allylic oxidation sites excluding steroid dienone is 2. The average molecular weight is 863 g/mol. The van der Waals surface area contributed by atoms with Crippen LogP contribution in [0.1, 0.15) is 121 Å². The summed E-state index contributed by atoms with van der Waals surface area (Å²) in [5.74, 6) is -1.99. The molecule has 2 saturated carbocycles. The Labute approximate surface area is 309 Å². The second kappa shape index (κ2) is 14.9. The van der Waals surface area contributed by atoms with Gasteiger partial charge in [0.1, 0.15) is 0 Å². The van der Waals surface area contributed by atoms with Crippen molar-refractivity contribution in [1.29, 1.82) is 0 Å². The molecule has 50 heavy (non-hydrogen) atoms. The second-order valence-electron chi connectivity index (χ2n) is 16.6. The molecule has 7 heteroatoms. The van der Waals surface area contributed by atoms with Gasteiger partial charge in [0.05, 0.1) is 5.52 Å². The predicted molar refractivity (Wildman–Crippen MR) is 195 cm³/mol. The molecule has 0 saturated heterocycles. The quantitative estimate of drug-likeness (QED) is 0.127. The van der Waals surface area contributed by atoms with Gasteiger partial charge in [-0.15, -0.1) is 29.1 Å². The van der Waals surface area contributed by atoms with Gasteiger partial charge < -0.3 is 5.11 Å². The van der Waals surface area contributed by atoms with Crippen molar-refractivity contribution in [2.24, 2.45) is 10.8 Å². The first-order chi connectivity index (χ1) is 22.8. The van der Waals surface area contributed by atoms with Gasteiger partial charge in [0.15, 0.2) is 5.78 Å². The molecule has 0 bridgehead atoms. The number of hydrogen-bond acceptors (Lipinski definition) is 3. The second-order valence-corrected chi connectivity index (χ2v) is 16.6. The summed E-state index contributed by atoms with van der Waals surface area (Å²) in [5.41, 5.74) is 8.72. The standard InChI is InChI=1S/C35H40N.C8H11F3O2.Ir/c1-23-18-24(2)33-29(25-12-16-35(17-13-25)14-8-9-15-35)22-31(36-32(33)19-23)27-20-26-10-6-7-11-28(26)30(21-27)34(3,4)5;1-7(2,3)5(12)4-6(13)8(9,10)11;/h6-7,10-11,18-19,21-22,25H,8-9,12-17H2,1-5H3;4,13H,1-3H3;/q-1;;/b;6-4-;. The number of ketones is 1. The molecule has 0 aliphatic heterocycles. The number of carbonyl (C=O) groups is 1. The molecule has 1 N–H and O–H groups in total. The summed E-state index contributed by atoms with van der Waals surface area (Å²) in [6, 6.07) is 21.9. The molecule has 3 aromatic carbocycles. The fourth-order valence-corrected chi connectivity index (χ4v) is 7.83. The molecule has 0 atom stereocenters. The Kier molecular flexibility index (Phi) is 11.9. The molecule has 6 rings (SSSR count). The van der Waals surface area contributed by atoms with Crippen molar-refractivity contribution >= 4 is 27.5 Å². The third kappa shape index (κ3) is 8.88. The Morgan fingerprint density at radius 2 is 1.54 bits per heavy atom. The maximum absolute atomic E-state index is 11.7. The van der Waals surface area contributed by atoms with E-state index in [1.807, 2.05) is 0 Å². The Morgan fingerprint density at radius 3 is 2.12 bits per heavy atom. The van der Waals surface area contributed by atoms with Crippen molar-refractivity contribution in [3.63, 3.8) is 0 Å². The molecule has 2 aliphatic rings.